The van der Waals surface area contributed by atoms with Crippen molar-refractivity contribution in [3.8, 4) is 0 Å². The maximum atomic E-state index is 13.6. The molecule has 1 amide bonds. The molecular weight excluding hydrogens is 1140 g/mol. The van der Waals surface area contributed by atoms with Crippen LogP contribution in [0.5, 0.6) is 0 Å². The summed E-state index contributed by atoms with van der Waals surface area (Å²) in [5.41, 5.74) is 9.26. The van der Waals surface area contributed by atoms with Gasteiger partial charge in [-0.2, -0.15) is 8.62 Å². The molecular formula is C36H52N13O25P4+. The molecule has 0 aromatic carbocycles. The van der Waals surface area contributed by atoms with Crippen molar-refractivity contribution < 1.29 is 108 Å². The van der Waals surface area contributed by atoms with Gasteiger partial charge in [-0.1, -0.05) is 4.98 Å². The van der Waals surface area contributed by atoms with Gasteiger partial charge in [0, 0.05) is 45.8 Å². The first-order valence-electron chi connectivity index (χ1n) is 22.7. The van der Waals surface area contributed by atoms with Crippen LogP contribution in [0.3, 0.4) is 0 Å². The second-order valence-corrected chi connectivity index (χ2v) is 23.6. The third-order valence-corrected chi connectivity index (χ3v) is 17.5. The standard InChI is InChI=1S/C36H51N13O25P4/c1-5-46-14-49(30-22(46)31(55)44-35(38)43-30)32-23(52)15(8-20(51)45(2)3)16(69-32)9-67-76(59,60)73-78(63,64)74-77(61,62)68-11-18-26(27(65-4)34(71-18)48-13-41-21-28(37)39-12-40-29(21)48)72-75(57,58)66-10-17-24(53)25(54)33(70-17)47-7-6-19(50)42-36(47)56/h6-7,12-18,23-27,32-34,52-54H,5,8-11H2,1-4H3,(H9-,37,38,39,40,42,43,44,50,55,56,57,58,59,60,61,62,63,64)/p+1/t15-,16-,17-,18-,23-,24-,25-,26-,27-,32?,33-,34-/m1/s1. The lowest BCUT2D eigenvalue weighted by atomic mass is 9.94. The molecule has 42 heteroatoms. The molecule has 3 aliphatic heterocycles. The van der Waals surface area contributed by atoms with E-state index in [9.17, 15) is 72.3 Å². The average molecular weight is 1190 g/mol. The van der Waals surface area contributed by atoms with Crippen LogP contribution in [0.1, 0.15) is 32.0 Å². The Morgan fingerprint density at radius 3 is 2.09 bits per heavy atom. The predicted molar refractivity (Wildman–Crippen MR) is 253 cm³/mol. The number of hydrogen-bond donors (Lipinski definition) is 11. The number of aromatic amines is 2. The van der Waals surface area contributed by atoms with E-state index in [-0.39, 0.29) is 40.6 Å². The van der Waals surface area contributed by atoms with E-state index in [1.807, 2.05) is 4.98 Å². The van der Waals surface area contributed by atoms with Crippen LogP contribution in [0.25, 0.3) is 22.3 Å². The second kappa shape index (κ2) is 22.8. The third kappa shape index (κ3) is 12.6. The van der Waals surface area contributed by atoms with Crippen molar-refractivity contribution in [2.45, 2.75) is 87.4 Å². The molecule has 5 unspecified atom stereocenters. The van der Waals surface area contributed by atoms with E-state index in [0.29, 0.717) is 0 Å². The summed E-state index contributed by atoms with van der Waals surface area (Å²) >= 11 is 0. The molecule has 16 atom stereocenters. The summed E-state index contributed by atoms with van der Waals surface area (Å²) in [6.07, 6.45) is -14.3. The molecule has 38 nitrogen and oxygen atoms in total. The Morgan fingerprint density at radius 1 is 0.808 bits per heavy atom. The number of phosphoric ester groups is 3. The molecule has 5 aromatic rings. The molecule has 78 heavy (non-hydrogen) atoms. The topological polar surface area (TPSA) is 528 Å². The number of amides is 1. The molecule has 8 rings (SSSR count). The highest BCUT2D eigenvalue weighted by atomic mass is 31.3. The number of nitrogens with two attached hydrogens (primary N) is 2. The van der Waals surface area contributed by atoms with Crippen molar-refractivity contribution in [3.05, 3.63) is 62.4 Å². The first-order chi connectivity index (χ1) is 36.5. The number of aryl methyl sites for hydroxylation is 1. The van der Waals surface area contributed by atoms with Gasteiger partial charge in [-0.15, -0.1) is 0 Å². The number of phosphoric acid groups is 4. The van der Waals surface area contributed by atoms with Crippen LogP contribution in [0, 0.1) is 5.92 Å². The Balaban J connectivity index is 0.954. The number of rotatable bonds is 22. The number of aromatic nitrogens is 10. The minimum absolute atomic E-state index is 0.00137. The number of aliphatic hydroxyl groups excluding tert-OH is 3. The van der Waals surface area contributed by atoms with E-state index in [4.69, 9.17) is 48.5 Å². The number of nitrogens with one attached hydrogen (secondary N) is 2. The second-order valence-electron chi connectivity index (χ2n) is 17.6. The minimum atomic E-state index is -6.24. The molecule has 0 saturated carbocycles. The van der Waals surface area contributed by atoms with Crippen molar-refractivity contribution in [2.75, 3.05) is 52.5 Å². The van der Waals surface area contributed by atoms with Crippen LogP contribution in [0.2, 0.25) is 0 Å². The number of methoxy groups -OCH3 is 1. The number of imidazole rings is 2. The molecule has 0 spiro atoms. The Bertz CT molecular complexity index is 3430. The van der Waals surface area contributed by atoms with Gasteiger partial charge in [-0.3, -0.25) is 56.1 Å². The lowest BCUT2D eigenvalue weighted by Gasteiger charge is -2.26. The number of nitrogens with zero attached hydrogens (tertiary/aromatic N) is 9. The van der Waals surface area contributed by atoms with Gasteiger partial charge in [-0.25, -0.2) is 42.6 Å². The fraction of sp³-hybridized carbons (Fsp3) is 0.583. The van der Waals surface area contributed by atoms with Gasteiger partial charge in [0.25, 0.3) is 17.1 Å². The number of anilines is 2. The van der Waals surface area contributed by atoms with Crippen LogP contribution in [0.4, 0.5) is 11.8 Å². The third-order valence-electron chi connectivity index (χ3n) is 12.3. The lowest BCUT2D eigenvalue weighted by Crippen LogP contribution is -2.45. The van der Waals surface area contributed by atoms with Gasteiger partial charge in [0.05, 0.1) is 38.8 Å². The molecule has 3 saturated heterocycles. The molecule has 13 N–H and O–H groups in total. The van der Waals surface area contributed by atoms with Crippen LogP contribution in [0.15, 0.2) is 45.6 Å². The average Bonchev–Trinajstić information content (AvgIpc) is 4.38. The van der Waals surface area contributed by atoms with Gasteiger partial charge in [0.2, 0.25) is 17.7 Å². The number of carbonyl (C=O) groups excluding carboxylic acids is 1. The highest BCUT2D eigenvalue weighted by molar-refractivity contribution is 7.66. The number of H-pyrrole nitrogens is 2. The van der Waals surface area contributed by atoms with E-state index in [1.165, 1.54) is 39.0 Å². The maximum Gasteiger partial charge on any atom is 0.490 e. The number of fused-ring (bicyclic) bond motifs is 2. The normalized spacial score (nSPS) is 29.6. The van der Waals surface area contributed by atoms with Crippen molar-refractivity contribution in [2.24, 2.45) is 5.92 Å². The van der Waals surface area contributed by atoms with Crippen molar-refractivity contribution in [3.63, 3.8) is 0 Å². The van der Waals surface area contributed by atoms with Crippen molar-refractivity contribution in [1.29, 1.82) is 0 Å². The van der Waals surface area contributed by atoms with E-state index >= 15 is 0 Å². The van der Waals surface area contributed by atoms with E-state index in [2.05, 4.69) is 33.5 Å². The van der Waals surface area contributed by atoms with E-state index < -0.39 is 154 Å². The quantitative estimate of drug-likeness (QED) is 0.0235. The van der Waals surface area contributed by atoms with E-state index in [1.54, 1.807) is 6.92 Å². The monoisotopic (exact) mass is 1190 g/mol. The Hall–Kier alpha value is -5.11. The molecule has 8 heterocycles. The Labute approximate surface area is 435 Å². The smallest absolute Gasteiger partial charge is 0.387 e. The molecule has 5 aromatic heterocycles. The van der Waals surface area contributed by atoms with Gasteiger partial charge in [-0.05, 0) is 6.92 Å². The first-order valence-corrected chi connectivity index (χ1v) is 28.6. The lowest BCUT2D eigenvalue weighted by molar-refractivity contribution is -0.746. The number of ether oxygens (including phenoxy) is 4. The fourth-order valence-corrected chi connectivity index (χ4v) is 13.1. The summed E-state index contributed by atoms with van der Waals surface area (Å²) in [4.78, 5) is 114. The molecule has 3 aliphatic rings. The highest BCUT2D eigenvalue weighted by Gasteiger charge is 2.54. The summed E-state index contributed by atoms with van der Waals surface area (Å²) in [5, 5.41) is 32.8. The van der Waals surface area contributed by atoms with Crippen molar-refractivity contribution in [1.82, 2.24) is 48.5 Å². The summed E-state index contributed by atoms with van der Waals surface area (Å²) in [5.74, 6) is -2.19. The Kier molecular flexibility index (Phi) is 17.2. The van der Waals surface area contributed by atoms with Crippen LogP contribution < -0.4 is 32.8 Å². The predicted octanol–water partition coefficient (Wildman–Crippen LogP) is -3.66. The van der Waals surface area contributed by atoms with Gasteiger partial charge < -0.3 is 70.2 Å². The summed E-state index contributed by atoms with van der Waals surface area (Å²) in [6.45, 7) is -1.44. The van der Waals surface area contributed by atoms with Crippen LogP contribution >= 0.6 is 31.3 Å². The van der Waals surface area contributed by atoms with Crippen LogP contribution in [-0.2, 0) is 75.3 Å². The Morgan fingerprint density at radius 2 is 1.45 bits per heavy atom. The molecule has 430 valence electrons. The summed E-state index contributed by atoms with van der Waals surface area (Å²) in [6, 6.07) is 0.921. The highest BCUT2D eigenvalue weighted by Crippen LogP contribution is 2.68. The minimum Gasteiger partial charge on any atom is -0.387 e. The number of carbonyl (C=O) groups is 1. The molecule has 0 radical (unpaired) electrons. The number of aliphatic hydroxyl groups is 3. The molecule has 3 fully saturated rings. The summed E-state index contributed by atoms with van der Waals surface area (Å²) in [7, 11) is -19.7. The maximum absolute atomic E-state index is 13.6. The number of nitrogen functional groups attached to an aromatic ring is 2. The molecule has 0 bridgehead atoms. The van der Waals surface area contributed by atoms with Crippen molar-refractivity contribution >= 4 is 71.3 Å². The van der Waals surface area contributed by atoms with Gasteiger partial charge >= 0.3 is 42.6 Å². The largest absolute Gasteiger partial charge is 0.490 e. The van der Waals surface area contributed by atoms with Gasteiger partial charge in [0.15, 0.2) is 30.2 Å². The zero-order valence-corrected chi connectivity index (χ0v) is 44.4. The summed E-state index contributed by atoms with van der Waals surface area (Å²) < 4.78 is 110. The van der Waals surface area contributed by atoms with Crippen LogP contribution in [-0.4, -0.2) is 179 Å². The zero-order chi connectivity index (χ0) is 57.0. The SMILES string of the molecule is CCn1c[n+](C2O[C@H](COP(=O)(O)OP(=O)(O)OP(=O)(O)OC[C@H]3O[C@@H](n4cnc5c(N)ncnc54)[C@H](OC)[C@@H]3OP(=O)(O)OC[C@H]3O[C@@H](n4ccc(=O)[nH]c4=O)[C@H](O)[C@@H]3O)[C@@H](CC(=O)N(C)C)[C@H]2O)c2nc(N)[nH]c(=O)c21. The van der Waals surface area contributed by atoms with E-state index in [0.717, 1.165) is 36.6 Å². The first kappa shape index (κ1) is 59.0. The molecule has 0 aliphatic carbocycles. The number of hydrogen-bond acceptors (Lipinski definition) is 27. The zero-order valence-electron chi connectivity index (χ0n) is 40.8. The fourth-order valence-electron chi connectivity index (χ4n) is 8.66. The van der Waals surface area contributed by atoms with Gasteiger partial charge in [0.1, 0.15) is 54.6 Å².